The van der Waals surface area contributed by atoms with Gasteiger partial charge in [0.25, 0.3) is 5.92 Å². The molecule has 0 radical (unpaired) electrons. The number of carbonyl (C=O) groups excluding carboxylic acids is 1. The summed E-state index contributed by atoms with van der Waals surface area (Å²) >= 11 is 0. The monoisotopic (exact) mass is 531 g/mol. The molecule has 1 aromatic heterocycles. The van der Waals surface area contributed by atoms with Crippen LogP contribution in [0.25, 0.3) is 0 Å². The second-order valence-electron chi connectivity index (χ2n) is 8.51. The SMILES string of the molecule is CC(F)(F)COc1ccc(N2CCN(S(=O)(=O)CC(CCc3ncc(F)cn3)N(O)C=O)CC2)cc1. The fourth-order valence-electron chi connectivity index (χ4n) is 3.68. The van der Waals surface area contributed by atoms with E-state index < -0.39 is 40.2 Å². The van der Waals surface area contributed by atoms with E-state index in [1.54, 1.807) is 24.3 Å². The number of hydroxylamine groups is 2. The smallest absolute Gasteiger partial charge is 0.278 e. The van der Waals surface area contributed by atoms with Gasteiger partial charge in [0.1, 0.15) is 11.6 Å². The topological polar surface area (TPSA) is 116 Å². The molecule has 0 spiro atoms. The first-order chi connectivity index (χ1) is 17.0. The first-order valence-corrected chi connectivity index (χ1v) is 12.8. The summed E-state index contributed by atoms with van der Waals surface area (Å²) < 4.78 is 71.3. The van der Waals surface area contributed by atoms with Crippen LogP contribution >= 0.6 is 0 Å². The van der Waals surface area contributed by atoms with Crippen molar-refractivity contribution in [2.45, 2.75) is 31.7 Å². The van der Waals surface area contributed by atoms with Crippen LogP contribution in [0.2, 0.25) is 0 Å². The highest BCUT2D eigenvalue weighted by atomic mass is 32.2. The normalized spacial score (nSPS) is 16.0. The van der Waals surface area contributed by atoms with Gasteiger partial charge in [0.2, 0.25) is 16.4 Å². The molecule has 36 heavy (non-hydrogen) atoms. The Morgan fingerprint density at radius 2 is 1.78 bits per heavy atom. The molecule has 1 amide bonds. The van der Waals surface area contributed by atoms with Crippen molar-refractivity contribution in [1.82, 2.24) is 19.3 Å². The zero-order chi connectivity index (χ0) is 26.3. The minimum atomic E-state index is -3.83. The van der Waals surface area contributed by atoms with Crippen molar-refractivity contribution in [1.29, 1.82) is 0 Å². The number of hydrogen-bond acceptors (Lipinski definition) is 8. The lowest BCUT2D eigenvalue weighted by atomic mass is 10.2. The first-order valence-electron chi connectivity index (χ1n) is 11.2. The molecule has 1 N–H and O–H groups in total. The molecule has 1 unspecified atom stereocenters. The predicted molar refractivity (Wildman–Crippen MR) is 124 cm³/mol. The number of nitrogens with zero attached hydrogens (tertiary/aromatic N) is 5. The highest BCUT2D eigenvalue weighted by molar-refractivity contribution is 7.89. The molecule has 2 aromatic rings. The van der Waals surface area contributed by atoms with Crippen LogP contribution in [0.15, 0.2) is 36.7 Å². The fraction of sp³-hybridized carbons (Fsp3) is 0.500. The zero-order valence-corrected chi connectivity index (χ0v) is 20.5. The maximum atomic E-state index is 13.0. The molecular formula is C22H28F3N5O5S. The van der Waals surface area contributed by atoms with Crippen molar-refractivity contribution in [3.63, 3.8) is 0 Å². The quantitative estimate of drug-likeness (QED) is 0.251. The molecular weight excluding hydrogens is 503 g/mol. The van der Waals surface area contributed by atoms with Gasteiger partial charge in [-0.25, -0.2) is 36.6 Å². The number of halogens is 3. The molecule has 1 aromatic carbocycles. The Labute approximate surface area is 207 Å². The summed E-state index contributed by atoms with van der Waals surface area (Å²) in [5.41, 5.74) is 0.794. The van der Waals surface area contributed by atoms with Gasteiger partial charge in [-0.1, -0.05) is 0 Å². The number of amides is 1. The number of aryl methyl sites for hydroxylation is 1. The third-order valence-electron chi connectivity index (χ3n) is 5.59. The minimum Gasteiger partial charge on any atom is -0.487 e. The third kappa shape index (κ3) is 8.03. The van der Waals surface area contributed by atoms with E-state index in [-0.39, 0.29) is 38.2 Å². The highest BCUT2D eigenvalue weighted by Crippen LogP contribution is 2.23. The summed E-state index contributed by atoms with van der Waals surface area (Å²) in [7, 11) is -3.83. The number of piperazine rings is 1. The molecule has 3 rings (SSSR count). The van der Waals surface area contributed by atoms with Gasteiger partial charge in [-0.15, -0.1) is 0 Å². The van der Waals surface area contributed by atoms with Gasteiger partial charge in [0.15, 0.2) is 12.4 Å². The molecule has 198 valence electrons. The summed E-state index contributed by atoms with van der Waals surface area (Å²) in [6, 6.07) is 5.55. The van der Waals surface area contributed by atoms with E-state index in [0.29, 0.717) is 23.9 Å². The Balaban J connectivity index is 1.55. The standard InChI is InChI=1S/C22H28F3N5O5S/c1-22(24,25)15-35-20-5-2-18(3-6-20)28-8-10-29(11-9-28)36(33,34)14-19(30(32)16-31)4-7-21-26-12-17(23)13-27-21/h2-3,5-6,12-13,16,19,32H,4,7-11,14-15H2,1H3. The number of hydrogen-bond donors (Lipinski definition) is 1. The average molecular weight is 532 g/mol. The van der Waals surface area contributed by atoms with Crippen LogP contribution in [0.5, 0.6) is 5.75 Å². The molecule has 1 atom stereocenters. The summed E-state index contributed by atoms with van der Waals surface area (Å²) in [5, 5.41) is 10.2. The van der Waals surface area contributed by atoms with Crippen molar-refractivity contribution >= 4 is 22.1 Å². The summed E-state index contributed by atoms with van der Waals surface area (Å²) in [4.78, 5) is 20.7. The van der Waals surface area contributed by atoms with Crippen LogP contribution in [0.1, 0.15) is 19.2 Å². The Kier molecular flexibility index (Phi) is 9.08. The summed E-state index contributed by atoms with van der Waals surface area (Å²) in [6.45, 7) is 1.18. The van der Waals surface area contributed by atoms with Crippen LogP contribution in [-0.4, -0.2) is 89.9 Å². The van der Waals surface area contributed by atoms with E-state index in [1.807, 2.05) is 4.90 Å². The number of alkyl halides is 2. The number of carbonyl (C=O) groups is 1. The van der Waals surface area contributed by atoms with Gasteiger partial charge in [0, 0.05) is 45.2 Å². The van der Waals surface area contributed by atoms with Crippen molar-refractivity contribution in [2.75, 3.05) is 43.4 Å². The van der Waals surface area contributed by atoms with Crippen molar-refractivity contribution in [2.24, 2.45) is 0 Å². The fourth-order valence-corrected chi connectivity index (χ4v) is 5.41. The number of aromatic nitrogens is 2. The van der Waals surface area contributed by atoms with Crippen LogP contribution in [0.4, 0.5) is 18.9 Å². The van der Waals surface area contributed by atoms with Gasteiger partial charge in [-0.2, -0.15) is 4.31 Å². The molecule has 1 saturated heterocycles. The predicted octanol–water partition coefficient (Wildman–Crippen LogP) is 1.95. The van der Waals surface area contributed by atoms with E-state index >= 15 is 0 Å². The van der Waals surface area contributed by atoms with E-state index in [1.165, 1.54) is 4.31 Å². The average Bonchev–Trinajstić information content (AvgIpc) is 2.85. The van der Waals surface area contributed by atoms with E-state index in [2.05, 4.69) is 9.97 Å². The Bertz CT molecular complexity index is 1090. The van der Waals surface area contributed by atoms with Crippen molar-refractivity contribution in [3.8, 4) is 5.75 Å². The number of benzene rings is 1. The Morgan fingerprint density at radius 3 is 2.33 bits per heavy atom. The minimum absolute atomic E-state index is 0.0540. The summed E-state index contributed by atoms with van der Waals surface area (Å²) in [6.07, 6.45) is 2.29. The van der Waals surface area contributed by atoms with Crippen molar-refractivity contribution in [3.05, 3.63) is 48.3 Å². The second kappa shape index (κ2) is 11.8. The van der Waals surface area contributed by atoms with Crippen LogP contribution < -0.4 is 9.64 Å². The molecule has 1 aliphatic rings. The van der Waals surface area contributed by atoms with Crippen LogP contribution in [-0.2, 0) is 21.2 Å². The number of ether oxygens (including phenoxy) is 1. The lowest BCUT2D eigenvalue weighted by Crippen LogP contribution is -2.51. The maximum Gasteiger partial charge on any atom is 0.278 e. The molecule has 2 heterocycles. The van der Waals surface area contributed by atoms with Crippen LogP contribution in [0.3, 0.4) is 0 Å². The molecule has 1 aliphatic heterocycles. The Hall–Kier alpha value is -2.97. The van der Waals surface area contributed by atoms with E-state index in [9.17, 15) is 31.6 Å². The molecule has 1 fully saturated rings. The van der Waals surface area contributed by atoms with Gasteiger partial charge < -0.3 is 9.64 Å². The van der Waals surface area contributed by atoms with Gasteiger partial charge in [-0.3, -0.25) is 10.0 Å². The van der Waals surface area contributed by atoms with Crippen molar-refractivity contribution < 1.29 is 36.3 Å². The highest BCUT2D eigenvalue weighted by Gasteiger charge is 2.31. The summed E-state index contributed by atoms with van der Waals surface area (Å²) in [5.74, 6) is -3.49. The van der Waals surface area contributed by atoms with Gasteiger partial charge in [0.05, 0.1) is 24.2 Å². The zero-order valence-electron chi connectivity index (χ0n) is 19.6. The molecule has 0 aliphatic carbocycles. The number of rotatable bonds is 12. The van der Waals surface area contributed by atoms with Gasteiger partial charge in [-0.05, 0) is 30.7 Å². The molecule has 0 saturated carbocycles. The number of sulfonamides is 1. The largest absolute Gasteiger partial charge is 0.487 e. The molecule has 10 nitrogen and oxygen atoms in total. The molecule has 14 heteroatoms. The van der Waals surface area contributed by atoms with Gasteiger partial charge >= 0.3 is 0 Å². The second-order valence-corrected chi connectivity index (χ2v) is 10.5. The lowest BCUT2D eigenvalue weighted by molar-refractivity contribution is -0.158. The third-order valence-corrected chi connectivity index (χ3v) is 7.54. The number of anilines is 1. The van der Waals surface area contributed by atoms with E-state index in [0.717, 1.165) is 25.0 Å². The lowest BCUT2D eigenvalue weighted by Gasteiger charge is -2.36. The Morgan fingerprint density at radius 1 is 1.17 bits per heavy atom. The molecule has 0 bridgehead atoms. The van der Waals surface area contributed by atoms with Crippen LogP contribution in [0, 0.1) is 5.82 Å². The first kappa shape index (κ1) is 27.6. The maximum absolute atomic E-state index is 13.0. The van der Waals surface area contributed by atoms with E-state index in [4.69, 9.17) is 4.74 Å².